The van der Waals surface area contributed by atoms with Crippen molar-refractivity contribution in [3.63, 3.8) is 0 Å². The summed E-state index contributed by atoms with van der Waals surface area (Å²) < 4.78 is 0.726. The molecular weight excluding hydrogens is 330 g/mol. The summed E-state index contributed by atoms with van der Waals surface area (Å²) in [6, 6.07) is 3.76. The van der Waals surface area contributed by atoms with Crippen LogP contribution in [0.1, 0.15) is 24.1 Å². The molecule has 1 fully saturated rings. The van der Waals surface area contributed by atoms with Crippen LogP contribution in [0.5, 0.6) is 0 Å². The van der Waals surface area contributed by atoms with Crippen molar-refractivity contribution in [3.05, 3.63) is 21.3 Å². The van der Waals surface area contributed by atoms with Crippen LogP contribution in [0.2, 0.25) is 4.34 Å². The largest absolute Gasteiger partial charge is 0.481 e. The summed E-state index contributed by atoms with van der Waals surface area (Å²) in [5, 5.41) is 8.86. The van der Waals surface area contributed by atoms with Gasteiger partial charge in [-0.1, -0.05) is 11.6 Å². The number of carbonyl (C=O) groups is 2. The van der Waals surface area contributed by atoms with Crippen molar-refractivity contribution < 1.29 is 14.7 Å². The molecule has 0 saturated heterocycles. The molecule has 1 aromatic heterocycles. The molecule has 1 aliphatic rings. The lowest BCUT2D eigenvalue weighted by Gasteiger charge is -2.17. The molecule has 1 saturated carbocycles. The number of carboxylic acid groups (broad SMARTS) is 1. The Morgan fingerprint density at radius 3 is 2.71 bits per heavy atom. The lowest BCUT2D eigenvalue weighted by Crippen LogP contribution is -2.28. The molecule has 0 spiro atoms. The van der Waals surface area contributed by atoms with Gasteiger partial charge in [-0.2, -0.15) is 11.8 Å². The Morgan fingerprint density at radius 2 is 2.19 bits per heavy atom. The smallest absolute Gasteiger partial charge is 0.303 e. The number of rotatable bonds is 8. The number of carbonyl (C=O) groups excluding carboxylic acids is 1. The fourth-order valence-corrected chi connectivity index (χ4v) is 4.56. The zero-order valence-corrected chi connectivity index (χ0v) is 14.2. The number of hydrogen-bond donors (Lipinski definition) is 1. The standard InChI is InChI=1S/C14H18ClNO3S2/c1-16(7-10-2-3-11(15)21-10)12(17)8-20-9-14(4-5-14)6-13(18)19/h2-3H,4-9H2,1H3,(H,18,19). The zero-order chi connectivity index (χ0) is 15.5. The summed E-state index contributed by atoms with van der Waals surface area (Å²) in [6.45, 7) is 0.567. The van der Waals surface area contributed by atoms with Crippen molar-refractivity contribution in [2.45, 2.75) is 25.8 Å². The molecule has 0 atom stereocenters. The molecule has 4 nitrogen and oxygen atoms in total. The van der Waals surface area contributed by atoms with Crippen molar-refractivity contribution in [1.82, 2.24) is 4.90 Å². The summed E-state index contributed by atoms with van der Waals surface area (Å²) in [4.78, 5) is 25.6. The molecule has 0 aromatic carbocycles. The van der Waals surface area contributed by atoms with Gasteiger partial charge in [-0.3, -0.25) is 9.59 Å². The molecule has 7 heteroatoms. The second-order valence-electron chi connectivity index (χ2n) is 5.52. The first-order valence-electron chi connectivity index (χ1n) is 6.68. The number of carboxylic acids is 1. The van der Waals surface area contributed by atoms with Crippen molar-refractivity contribution in [2.75, 3.05) is 18.6 Å². The lowest BCUT2D eigenvalue weighted by molar-refractivity contribution is -0.138. The molecule has 1 aromatic rings. The number of halogens is 1. The molecule has 1 N–H and O–H groups in total. The van der Waals surface area contributed by atoms with Crippen molar-refractivity contribution in [2.24, 2.45) is 5.41 Å². The Labute approximate surface area is 137 Å². The first-order chi connectivity index (χ1) is 9.90. The van der Waals surface area contributed by atoms with Gasteiger partial charge in [0.1, 0.15) is 0 Å². The van der Waals surface area contributed by atoms with Gasteiger partial charge in [-0.15, -0.1) is 11.3 Å². The Morgan fingerprint density at radius 1 is 1.48 bits per heavy atom. The van der Waals surface area contributed by atoms with Gasteiger partial charge >= 0.3 is 5.97 Å². The summed E-state index contributed by atoms with van der Waals surface area (Å²) in [7, 11) is 1.78. The predicted octanol–water partition coefficient (Wildman–Crippen LogP) is 3.35. The second-order valence-corrected chi connectivity index (χ2v) is 8.30. The third-order valence-electron chi connectivity index (χ3n) is 3.56. The van der Waals surface area contributed by atoms with E-state index in [1.54, 1.807) is 11.9 Å². The normalized spacial score (nSPS) is 15.7. The molecule has 1 heterocycles. The van der Waals surface area contributed by atoms with Crippen molar-refractivity contribution in [3.8, 4) is 0 Å². The Balaban J connectivity index is 1.70. The van der Waals surface area contributed by atoms with Crippen LogP contribution in [0.25, 0.3) is 0 Å². The minimum Gasteiger partial charge on any atom is -0.481 e. The summed E-state index contributed by atoms with van der Waals surface area (Å²) in [6.07, 6.45) is 2.14. The van der Waals surface area contributed by atoms with E-state index < -0.39 is 5.97 Å². The van der Waals surface area contributed by atoms with E-state index in [4.69, 9.17) is 16.7 Å². The van der Waals surface area contributed by atoms with Gasteiger partial charge in [0.15, 0.2) is 0 Å². The molecule has 21 heavy (non-hydrogen) atoms. The maximum Gasteiger partial charge on any atom is 0.303 e. The average molecular weight is 348 g/mol. The maximum atomic E-state index is 12.0. The van der Waals surface area contributed by atoms with Crippen LogP contribution in [0.3, 0.4) is 0 Å². The fraction of sp³-hybridized carbons (Fsp3) is 0.571. The Bertz CT molecular complexity index is 528. The number of thiophene rings is 1. The highest BCUT2D eigenvalue weighted by Crippen LogP contribution is 2.50. The monoisotopic (exact) mass is 347 g/mol. The van der Waals surface area contributed by atoms with Crippen LogP contribution in [-0.2, 0) is 16.1 Å². The van der Waals surface area contributed by atoms with E-state index in [1.807, 2.05) is 12.1 Å². The maximum absolute atomic E-state index is 12.0. The van der Waals surface area contributed by atoms with Gasteiger partial charge in [-0.05, 0) is 36.1 Å². The van der Waals surface area contributed by atoms with Crippen LogP contribution in [0.15, 0.2) is 12.1 Å². The highest BCUT2D eigenvalue weighted by molar-refractivity contribution is 7.99. The molecule has 1 aliphatic carbocycles. The first kappa shape index (κ1) is 16.6. The number of thioether (sulfide) groups is 1. The molecule has 0 aliphatic heterocycles. The molecule has 116 valence electrons. The van der Waals surface area contributed by atoms with Crippen molar-refractivity contribution >= 4 is 46.6 Å². The summed E-state index contributed by atoms with van der Waals surface area (Å²) in [5.74, 6) is 0.475. The minimum atomic E-state index is -0.744. The highest BCUT2D eigenvalue weighted by Gasteiger charge is 2.44. The summed E-state index contributed by atoms with van der Waals surface area (Å²) >= 11 is 8.89. The molecule has 0 radical (unpaired) electrons. The Hall–Kier alpha value is -0.720. The van der Waals surface area contributed by atoms with Crippen LogP contribution >= 0.6 is 34.7 Å². The van der Waals surface area contributed by atoms with Gasteiger partial charge in [0.25, 0.3) is 0 Å². The molecule has 0 unspecified atom stereocenters. The molecule has 1 amide bonds. The quantitative estimate of drug-likeness (QED) is 0.783. The zero-order valence-electron chi connectivity index (χ0n) is 11.8. The van der Waals surface area contributed by atoms with Crippen LogP contribution in [0.4, 0.5) is 0 Å². The second kappa shape index (κ2) is 7.03. The molecule has 0 bridgehead atoms. The van der Waals surface area contributed by atoms with E-state index in [0.717, 1.165) is 27.8 Å². The lowest BCUT2D eigenvalue weighted by atomic mass is 10.1. The van der Waals surface area contributed by atoms with Gasteiger partial charge in [0, 0.05) is 11.9 Å². The van der Waals surface area contributed by atoms with E-state index in [0.29, 0.717) is 12.3 Å². The van der Waals surface area contributed by atoms with Crippen LogP contribution < -0.4 is 0 Å². The molecular formula is C14H18ClNO3S2. The summed E-state index contributed by atoms with van der Waals surface area (Å²) in [5.41, 5.74) is -0.0589. The SMILES string of the molecule is CN(Cc1ccc(Cl)s1)C(=O)CSCC1(CC(=O)O)CC1. The van der Waals surface area contributed by atoms with E-state index >= 15 is 0 Å². The number of hydrogen-bond acceptors (Lipinski definition) is 4. The van der Waals surface area contributed by atoms with Gasteiger partial charge in [0.05, 0.1) is 23.1 Å². The number of aliphatic carboxylic acids is 1. The topological polar surface area (TPSA) is 57.6 Å². The van der Waals surface area contributed by atoms with E-state index in [1.165, 1.54) is 23.1 Å². The average Bonchev–Trinajstić information content (AvgIpc) is 3.02. The number of nitrogens with zero attached hydrogens (tertiary/aromatic N) is 1. The third-order valence-corrected chi connectivity index (χ3v) is 6.05. The van der Waals surface area contributed by atoms with Gasteiger partial charge < -0.3 is 10.0 Å². The first-order valence-corrected chi connectivity index (χ1v) is 9.03. The number of amides is 1. The minimum absolute atomic E-state index is 0.0589. The van der Waals surface area contributed by atoms with Gasteiger partial charge in [-0.25, -0.2) is 0 Å². The predicted molar refractivity (Wildman–Crippen MR) is 87.0 cm³/mol. The molecule has 2 rings (SSSR count). The third kappa shape index (κ3) is 5.20. The van der Waals surface area contributed by atoms with E-state index in [2.05, 4.69) is 0 Å². The fourth-order valence-electron chi connectivity index (χ4n) is 2.09. The van der Waals surface area contributed by atoms with Crippen molar-refractivity contribution in [1.29, 1.82) is 0 Å². The Kier molecular flexibility index (Phi) is 5.57. The van der Waals surface area contributed by atoms with E-state index in [-0.39, 0.29) is 17.7 Å². The van der Waals surface area contributed by atoms with Crippen LogP contribution in [-0.4, -0.2) is 40.4 Å². The van der Waals surface area contributed by atoms with Crippen LogP contribution in [0, 0.1) is 5.41 Å². The highest BCUT2D eigenvalue weighted by atomic mass is 35.5. The van der Waals surface area contributed by atoms with E-state index in [9.17, 15) is 9.59 Å². The van der Waals surface area contributed by atoms with Gasteiger partial charge in [0.2, 0.25) is 5.91 Å².